The smallest absolute Gasteiger partial charge is 0.186 e. The van der Waals surface area contributed by atoms with Crippen molar-refractivity contribution in [2.24, 2.45) is 0 Å². The zero-order valence-electron chi connectivity index (χ0n) is 8.71. The van der Waals surface area contributed by atoms with Crippen LogP contribution in [0.1, 0.15) is 5.56 Å². The van der Waals surface area contributed by atoms with Gasteiger partial charge in [0, 0.05) is 18.1 Å². The zero-order valence-corrected chi connectivity index (χ0v) is 9.52. The molecule has 3 nitrogen and oxygen atoms in total. The Hall–Kier alpha value is -1.86. The third kappa shape index (κ3) is 2.59. The summed E-state index contributed by atoms with van der Waals surface area (Å²) in [5.41, 5.74) is 1.19. The first-order chi connectivity index (χ1) is 7.90. The average molecular weight is 229 g/mol. The van der Waals surface area contributed by atoms with Crippen LogP contribution in [-0.4, -0.2) is 11.5 Å². The predicted octanol–water partition coefficient (Wildman–Crippen LogP) is 2.67. The highest BCUT2D eigenvalue weighted by Gasteiger charge is 2.08. The van der Waals surface area contributed by atoms with Gasteiger partial charge >= 0.3 is 0 Å². The van der Waals surface area contributed by atoms with Gasteiger partial charge in [-0.1, -0.05) is 30.3 Å². The van der Waals surface area contributed by atoms with Gasteiger partial charge in [0.1, 0.15) is 6.54 Å². The van der Waals surface area contributed by atoms with Crippen LogP contribution in [0.25, 0.3) is 0 Å². The van der Waals surface area contributed by atoms with E-state index in [0.717, 1.165) is 11.7 Å². The van der Waals surface area contributed by atoms with Gasteiger partial charge in [-0.25, -0.2) is 4.98 Å². The summed E-state index contributed by atoms with van der Waals surface area (Å²) in [7, 11) is 0. The Labute approximate surface area is 98.6 Å². The van der Waals surface area contributed by atoms with Crippen LogP contribution < -0.4 is 4.90 Å². The van der Waals surface area contributed by atoms with Crippen LogP contribution in [0.5, 0.6) is 0 Å². The summed E-state index contributed by atoms with van der Waals surface area (Å²) in [4.78, 5) is 6.20. The van der Waals surface area contributed by atoms with Crippen molar-refractivity contribution in [2.45, 2.75) is 6.54 Å². The number of nitriles is 1. The average Bonchev–Trinajstić information content (AvgIpc) is 2.83. The first-order valence-corrected chi connectivity index (χ1v) is 5.83. The molecule has 0 unspecified atom stereocenters. The fraction of sp³-hybridized carbons (Fsp3) is 0.167. The molecule has 0 N–H and O–H groups in total. The Morgan fingerprint density at radius 3 is 2.75 bits per heavy atom. The monoisotopic (exact) mass is 229 g/mol. The number of anilines is 1. The van der Waals surface area contributed by atoms with Gasteiger partial charge in [-0.2, -0.15) is 5.26 Å². The summed E-state index contributed by atoms with van der Waals surface area (Å²) >= 11 is 1.55. The third-order valence-corrected chi connectivity index (χ3v) is 3.00. The van der Waals surface area contributed by atoms with Crippen LogP contribution in [0.15, 0.2) is 41.9 Å². The molecule has 4 heteroatoms. The second-order valence-corrected chi connectivity index (χ2v) is 4.19. The summed E-state index contributed by atoms with van der Waals surface area (Å²) in [6.45, 7) is 1.09. The van der Waals surface area contributed by atoms with Gasteiger partial charge in [-0.3, -0.25) is 0 Å². The lowest BCUT2D eigenvalue weighted by atomic mass is 10.2. The van der Waals surface area contributed by atoms with Gasteiger partial charge < -0.3 is 4.90 Å². The van der Waals surface area contributed by atoms with Crippen molar-refractivity contribution >= 4 is 16.5 Å². The molecule has 1 aromatic carbocycles. The van der Waals surface area contributed by atoms with Crippen LogP contribution in [0.2, 0.25) is 0 Å². The first-order valence-electron chi connectivity index (χ1n) is 4.95. The third-order valence-electron chi connectivity index (χ3n) is 2.17. The highest BCUT2D eigenvalue weighted by atomic mass is 32.1. The highest BCUT2D eigenvalue weighted by Crippen LogP contribution is 2.19. The van der Waals surface area contributed by atoms with Crippen molar-refractivity contribution in [3.05, 3.63) is 47.5 Å². The molecule has 0 spiro atoms. The maximum absolute atomic E-state index is 8.80. The lowest BCUT2D eigenvalue weighted by Gasteiger charge is -2.18. The molecule has 0 aliphatic heterocycles. The minimum Gasteiger partial charge on any atom is -0.330 e. The Balaban J connectivity index is 2.13. The topological polar surface area (TPSA) is 39.9 Å². The normalized spacial score (nSPS) is 9.69. The Bertz CT molecular complexity index is 459. The van der Waals surface area contributed by atoms with Crippen molar-refractivity contribution in [3.63, 3.8) is 0 Å². The van der Waals surface area contributed by atoms with Gasteiger partial charge in [-0.05, 0) is 5.56 Å². The molecule has 1 heterocycles. The van der Waals surface area contributed by atoms with Gasteiger partial charge in [-0.15, -0.1) is 11.3 Å². The van der Waals surface area contributed by atoms with Crippen molar-refractivity contribution in [2.75, 3.05) is 11.4 Å². The maximum Gasteiger partial charge on any atom is 0.186 e. The second-order valence-electron chi connectivity index (χ2n) is 3.31. The van der Waals surface area contributed by atoms with Crippen molar-refractivity contribution in [1.82, 2.24) is 4.98 Å². The number of thiazole rings is 1. The van der Waals surface area contributed by atoms with E-state index in [1.54, 1.807) is 17.5 Å². The molecular formula is C12H11N3S. The minimum atomic E-state index is 0.363. The highest BCUT2D eigenvalue weighted by molar-refractivity contribution is 7.13. The van der Waals surface area contributed by atoms with E-state index in [-0.39, 0.29) is 0 Å². The number of rotatable bonds is 4. The summed E-state index contributed by atoms with van der Waals surface area (Å²) in [5.74, 6) is 0. The molecule has 0 amide bonds. The number of benzene rings is 1. The van der Waals surface area contributed by atoms with Crippen LogP contribution in [0.4, 0.5) is 5.13 Å². The Morgan fingerprint density at radius 2 is 2.12 bits per heavy atom. The van der Waals surface area contributed by atoms with Crippen molar-refractivity contribution in [1.29, 1.82) is 5.26 Å². The van der Waals surface area contributed by atoms with Gasteiger partial charge in [0.05, 0.1) is 6.07 Å². The fourth-order valence-corrected chi connectivity index (χ4v) is 2.10. The standard InChI is InChI=1S/C12H11N3S/c13-6-8-15(12-14-7-9-16-12)10-11-4-2-1-3-5-11/h1-5,7,9H,8,10H2. The summed E-state index contributed by atoms with van der Waals surface area (Å²) in [6, 6.07) is 12.3. The SMILES string of the molecule is N#CCN(Cc1ccccc1)c1nccs1. The van der Waals surface area contributed by atoms with E-state index in [1.165, 1.54) is 5.56 Å². The molecular weight excluding hydrogens is 218 g/mol. The van der Waals surface area contributed by atoms with E-state index in [9.17, 15) is 0 Å². The number of nitrogens with zero attached hydrogens (tertiary/aromatic N) is 3. The molecule has 0 bridgehead atoms. The molecule has 0 saturated carbocycles. The van der Waals surface area contributed by atoms with E-state index in [2.05, 4.69) is 23.2 Å². The molecule has 0 atom stereocenters. The van der Waals surface area contributed by atoms with Crippen LogP contribution in [-0.2, 0) is 6.54 Å². The first kappa shape index (κ1) is 10.7. The van der Waals surface area contributed by atoms with Gasteiger partial charge in [0.15, 0.2) is 5.13 Å². The largest absolute Gasteiger partial charge is 0.330 e. The van der Waals surface area contributed by atoms with E-state index in [4.69, 9.17) is 5.26 Å². The number of aromatic nitrogens is 1. The van der Waals surface area contributed by atoms with E-state index in [0.29, 0.717) is 6.54 Å². The second kappa shape index (κ2) is 5.29. The van der Waals surface area contributed by atoms with Crippen LogP contribution in [0, 0.1) is 11.3 Å². The Kier molecular flexibility index (Phi) is 3.52. The summed E-state index contributed by atoms with van der Waals surface area (Å²) in [6.07, 6.45) is 1.76. The van der Waals surface area contributed by atoms with Crippen LogP contribution in [0.3, 0.4) is 0 Å². The molecule has 0 fully saturated rings. The molecule has 0 saturated heterocycles. The molecule has 2 aromatic rings. The maximum atomic E-state index is 8.80. The van der Waals surface area contributed by atoms with Crippen molar-refractivity contribution < 1.29 is 0 Å². The van der Waals surface area contributed by atoms with Gasteiger partial charge in [0.2, 0.25) is 0 Å². The van der Waals surface area contributed by atoms with E-state index in [1.807, 2.05) is 28.5 Å². The van der Waals surface area contributed by atoms with Crippen molar-refractivity contribution in [3.8, 4) is 6.07 Å². The molecule has 0 aliphatic rings. The Morgan fingerprint density at radius 1 is 1.31 bits per heavy atom. The molecule has 0 aliphatic carbocycles. The molecule has 0 radical (unpaired) electrons. The molecule has 2 rings (SSSR count). The predicted molar refractivity (Wildman–Crippen MR) is 65.2 cm³/mol. The molecule has 16 heavy (non-hydrogen) atoms. The van der Waals surface area contributed by atoms with Gasteiger partial charge in [0.25, 0.3) is 0 Å². The summed E-state index contributed by atoms with van der Waals surface area (Å²) in [5, 5.41) is 11.6. The molecule has 80 valence electrons. The zero-order chi connectivity index (χ0) is 11.2. The lowest BCUT2D eigenvalue weighted by molar-refractivity contribution is 0.866. The molecule has 1 aromatic heterocycles. The number of hydrogen-bond donors (Lipinski definition) is 0. The minimum absolute atomic E-state index is 0.363. The van der Waals surface area contributed by atoms with Crippen LogP contribution >= 0.6 is 11.3 Å². The summed E-state index contributed by atoms with van der Waals surface area (Å²) < 4.78 is 0. The fourth-order valence-electron chi connectivity index (χ4n) is 1.45. The lowest BCUT2D eigenvalue weighted by Crippen LogP contribution is -2.22. The number of hydrogen-bond acceptors (Lipinski definition) is 4. The van der Waals surface area contributed by atoms with E-state index >= 15 is 0 Å². The quantitative estimate of drug-likeness (QED) is 0.757. The van der Waals surface area contributed by atoms with E-state index < -0.39 is 0 Å².